The fourth-order valence-electron chi connectivity index (χ4n) is 2.14. The van der Waals surface area contributed by atoms with Crippen molar-refractivity contribution in [1.82, 2.24) is 10.6 Å². The van der Waals surface area contributed by atoms with E-state index in [1.807, 2.05) is 0 Å². The molecule has 0 spiro atoms. The van der Waals surface area contributed by atoms with Gasteiger partial charge in [-0.05, 0) is 57.0 Å². The van der Waals surface area contributed by atoms with Crippen LogP contribution in [0, 0.1) is 17.8 Å². The monoisotopic (exact) mass is 270 g/mol. The molecular weight excluding hydrogens is 232 g/mol. The molecule has 116 valence electrons. The molecule has 0 radical (unpaired) electrons. The summed E-state index contributed by atoms with van der Waals surface area (Å²) in [6.07, 6.45) is 3.91. The van der Waals surface area contributed by atoms with Crippen molar-refractivity contribution in [3.05, 3.63) is 0 Å². The molecule has 3 atom stereocenters. The van der Waals surface area contributed by atoms with Gasteiger partial charge in [-0.1, -0.05) is 41.5 Å². The highest BCUT2D eigenvalue weighted by Gasteiger charge is 2.13. The summed E-state index contributed by atoms with van der Waals surface area (Å²) >= 11 is 0. The van der Waals surface area contributed by atoms with E-state index in [2.05, 4.69) is 59.1 Å². The average molecular weight is 271 g/mol. The summed E-state index contributed by atoms with van der Waals surface area (Å²) in [5.41, 5.74) is 0. The second kappa shape index (κ2) is 10.7. The molecule has 0 aromatic heterocycles. The van der Waals surface area contributed by atoms with Gasteiger partial charge in [0.15, 0.2) is 0 Å². The predicted octanol–water partition coefficient (Wildman–Crippen LogP) is 4.06. The third-order valence-electron chi connectivity index (χ3n) is 4.09. The maximum atomic E-state index is 3.64. The van der Waals surface area contributed by atoms with Crippen molar-refractivity contribution in [3.63, 3.8) is 0 Å². The van der Waals surface area contributed by atoms with E-state index in [0.29, 0.717) is 12.1 Å². The van der Waals surface area contributed by atoms with Gasteiger partial charge in [-0.25, -0.2) is 0 Å². The van der Waals surface area contributed by atoms with Gasteiger partial charge in [0, 0.05) is 12.1 Å². The van der Waals surface area contributed by atoms with Crippen molar-refractivity contribution >= 4 is 0 Å². The molecule has 19 heavy (non-hydrogen) atoms. The number of rotatable bonds is 11. The maximum Gasteiger partial charge on any atom is 0.00388 e. The van der Waals surface area contributed by atoms with Crippen LogP contribution in [0.15, 0.2) is 0 Å². The molecule has 0 heterocycles. The van der Waals surface area contributed by atoms with E-state index >= 15 is 0 Å². The molecule has 3 unspecified atom stereocenters. The Balaban J connectivity index is 3.67. The zero-order chi connectivity index (χ0) is 14.8. The zero-order valence-electron chi connectivity index (χ0n) is 14.4. The van der Waals surface area contributed by atoms with Gasteiger partial charge in [-0.15, -0.1) is 0 Å². The highest BCUT2D eigenvalue weighted by molar-refractivity contribution is 4.69. The van der Waals surface area contributed by atoms with Crippen LogP contribution in [-0.4, -0.2) is 25.2 Å². The molecule has 0 fully saturated rings. The third-order valence-corrected chi connectivity index (χ3v) is 4.09. The summed E-state index contributed by atoms with van der Waals surface area (Å²) in [6, 6.07) is 1.26. The Hall–Kier alpha value is -0.0800. The van der Waals surface area contributed by atoms with Crippen LogP contribution in [0.4, 0.5) is 0 Å². The van der Waals surface area contributed by atoms with Gasteiger partial charge < -0.3 is 10.6 Å². The highest BCUT2D eigenvalue weighted by atomic mass is 14.9. The molecule has 0 amide bonds. The Kier molecular flexibility index (Phi) is 10.6. The lowest BCUT2D eigenvalue weighted by Gasteiger charge is -2.23. The van der Waals surface area contributed by atoms with Gasteiger partial charge in [0.25, 0.3) is 0 Å². The quantitative estimate of drug-likeness (QED) is 0.591. The van der Waals surface area contributed by atoms with E-state index in [-0.39, 0.29) is 0 Å². The minimum atomic E-state index is 0.603. The van der Waals surface area contributed by atoms with Crippen molar-refractivity contribution in [3.8, 4) is 0 Å². The molecule has 2 nitrogen and oxygen atoms in total. The molecule has 0 aliphatic rings. The molecule has 0 aromatic carbocycles. The largest absolute Gasteiger partial charge is 0.314 e. The average Bonchev–Trinajstić information content (AvgIpc) is 2.32. The SMILES string of the molecule is CC(C)CCNC(C)CCC(C)C(C)CNC(C)C. The van der Waals surface area contributed by atoms with Crippen LogP contribution in [0.1, 0.15) is 67.7 Å². The van der Waals surface area contributed by atoms with Gasteiger partial charge in [0.05, 0.1) is 0 Å². The van der Waals surface area contributed by atoms with Gasteiger partial charge in [0.2, 0.25) is 0 Å². The number of hydrogen-bond donors (Lipinski definition) is 2. The highest BCUT2D eigenvalue weighted by Crippen LogP contribution is 2.17. The van der Waals surface area contributed by atoms with Crippen molar-refractivity contribution in [2.24, 2.45) is 17.8 Å². The first kappa shape index (κ1) is 18.9. The van der Waals surface area contributed by atoms with Crippen LogP contribution >= 0.6 is 0 Å². The lowest BCUT2D eigenvalue weighted by molar-refractivity contribution is 0.316. The van der Waals surface area contributed by atoms with Gasteiger partial charge in [0.1, 0.15) is 0 Å². The Morgan fingerprint density at radius 3 is 1.84 bits per heavy atom. The first-order chi connectivity index (χ1) is 8.82. The lowest BCUT2D eigenvalue weighted by Crippen LogP contribution is -2.32. The van der Waals surface area contributed by atoms with Crippen LogP contribution in [-0.2, 0) is 0 Å². The molecule has 0 rings (SSSR count). The lowest BCUT2D eigenvalue weighted by atomic mass is 9.90. The minimum absolute atomic E-state index is 0.603. The molecule has 0 aliphatic heterocycles. The summed E-state index contributed by atoms with van der Waals surface area (Å²) in [7, 11) is 0. The first-order valence-corrected chi connectivity index (χ1v) is 8.29. The fraction of sp³-hybridized carbons (Fsp3) is 1.00. The fourth-order valence-corrected chi connectivity index (χ4v) is 2.14. The standard InChI is InChI=1S/C17H38N2/c1-13(2)10-11-18-17(7)9-8-15(5)16(6)12-19-14(3)4/h13-19H,8-12H2,1-7H3. The van der Waals surface area contributed by atoms with E-state index in [9.17, 15) is 0 Å². The van der Waals surface area contributed by atoms with Gasteiger partial charge in [-0.3, -0.25) is 0 Å². The molecule has 0 bridgehead atoms. The second-order valence-corrected chi connectivity index (χ2v) is 7.13. The van der Waals surface area contributed by atoms with E-state index in [1.165, 1.54) is 19.3 Å². The second-order valence-electron chi connectivity index (χ2n) is 7.13. The minimum Gasteiger partial charge on any atom is -0.314 e. The number of hydrogen-bond acceptors (Lipinski definition) is 2. The molecule has 0 aromatic rings. The number of nitrogens with one attached hydrogen (secondary N) is 2. The van der Waals surface area contributed by atoms with Crippen molar-refractivity contribution < 1.29 is 0 Å². The van der Waals surface area contributed by atoms with Gasteiger partial charge in [-0.2, -0.15) is 0 Å². The van der Waals surface area contributed by atoms with Crippen molar-refractivity contribution in [1.29, 1.82) is 0 Å². The first-order valence-electron chi connectivity index (χ1n) is 8.29. The Bertz CT molecular complexity index is 201. The van der Waals surface area contributed by atoms with Crippen molar-refractivity contribution in [2.45, 2.75) is 79.8 Å². The molecule has 0 aliphatic carbocycles. The summed E-state index contributed by atoms with van der Waals surface area (Å²) in [6.45, 7) is 18.4. The Morgan fingerprint density at radius 2 is 1.32 bits per heavy atom. The van der Waals surface area contributed by atoms with E-state index in [4.69, 9.17) is 0 Å². The molecular formula is C17H38N2. The normalized spacial score (nSPS) is 16.9. The molecule has 2 heteroatoms. The Morgan fingerprint density at radius 1 is 0.684 bits per heavy atom. The molecule has 2 N–H and O–H groups in total. The van der Waals surface area contributed by atoms with E-state index in [0.717, 1.165) is 30.8 Å². The summed E-state index contributed by atoms with van der Waals surface area (Å²) < 4.78 is 0. The van der Waals surface area contributed by atoms with Crippen LogP contribution < -0.4 is 10.6 Å². The topological polar surface area (TPSA) is 24.1 Å². The van der Waals surface area contributed by atoms with Crippen LogP contribution in [0.3, 0.4) is 0 Å². The summed E-state index contributed by atoms with van der Waals surface area (Å²) in [5.74, 6) is 2.38. The van der Waals surface area contributed by atoms with E-state index in [1.54, 1.807) is 0 Å². The van der Waals surface area contributed by atoms with Crippen LogP contribution in [0.5, 0.6) is 0 Å². The third kappa shape index (κ3) is 11.4. The summed E-state index contributed by atoms with van der Waals surface area (Å²) in [4.78, 5) is 0. The zero-order valence-corrected chi connectivity index (χ0v) is 14.4. The molecule has 0 saturated heterocycles. The van der Waals surface area contributed by atoms with Crippen LogP contribution in [0.2, 0.25) is 0 Å². The smallest absolute Gasteiger partial charge is 0.00388 e. The summed E-state index contributed by atoms with van der Waals surface area (Å²) in [5, 5.41) is 7.19. The van der Waals surface area contributed by atoms with E-state index < -0.39 is 0 Å². The maximum absolute atomic E-state index is 3.64. The van der Waals surface area contributed by atoms with Crippen molar-refractivity contribution in [2.75, 3.05) is 13.1 Å². The van der Waals surface area contributed by atoms with Gasteiger partial charge >= 0.3 is 0 Å². The predicted molar refractivity (Wildman–Crippen MR) is 87.6 cm³/mol. The Labute approximate surface area is 122 Å². The molecule has 0 saturated carbocycles. The van der Waals surface area contributed by atoms with Crippen LogP contribution in [0.25, 0.3) is 0 Å².